The molecule has 2 aromatic rings. The number of likely N-dealkylation sites (tertiary alicyclic amines) is 1. The summed E-state index contributed by atoms with van der Waals surface area (Å²) in [6.07, 6.45) is 6.86. The van der Waals surface area contributed by atoms with Crippen molar-refractivity contribution in [1.82, 2.24) is 15.5 Å². The van der Waals surface area contributed by atoms with Crippen LogP contribution >= 0.6 is 0 Å². The minimum atomic E-state index is -1.08. The number of ether oxygens (including phenoxy) is 4. The van der Waals surface area contributed by atoms with Crippen molar-refractivity contribution >= 4 is 17.8 Å². The van der Waals surface area contributed by atoms with Crippen molar-refractivity contribution < 1.29 is 33.3 Å². The van der Waals surface area contributed by atoms with Gasteiger partial charge in [-0.2, -0.15) is 0 Å². The quantitative estimate of drug-likeness (QED) is 0.259. The molecule has 10 nitrogen and oxygen atoms in total. The summed E-state index contributed by atoms with van der Waals surface area (Å²) in [6, 6.07) is 12.2. The largest absolute Gasteiger partial charge is 0.493 e. The highest BCUT2D eigenvalue weighted by Crippen LogP contribution is 2.74. The lowest BCUT2D eigenvalue weighted by Gasteiger charge is -2.70. The number of methoxy groups -OCH3 is 2. The fraction of sp³-hybridized carbons (Fsp3) is 0.564. The zero-order valence-electron chi connectivity index (χ0n) is 29.4. The number of esters is 1. The predicted molar refractivity (Wildman–Crippen MR) is 183 cm³/mol. The number of piperidine rings is 1. The highest BCUT2D eigenvalue weighted by Gasteiger charge is 2.79. The van der Waals surface area contributed by atoms with E-state index in [0.29, 0.717) is 18.6 Å². The Balaban J connectivity index is 1.25. The van der Waals surface area contributed by atoms with E-state index in [1.165, 1.54) is 11.1 Å². The zero-order chi connectivity index (χ0) is 34.7. The number of hydrogen-bond donors (Lipinski definition) is 2. The lowest BCUT2D eigenvalue weighted by Crippen LogP contribution is -2.80. The van der Waals surface area contributed by atoms with Gasteiger partial charge < -0.3 is 34.5 Å². The Bertz CT molecular complexity index is 1660. The third-order valence-corrected chi connectivity index (χ3v) is 12.1. The second-order valence-corrected chi connectivity index (χ2v) is 14.9. The molecular formula is C39H49N3O7. The highest BCUT2D eigenvalue weighted by atomic mass is 16.6. The van der Waals surface area contributed by atoms with E-state index in [1.54, 1.807) is 21.1 Å². The summed E-state index contributed by atoms with van der Waals surface area (Å²) in [5.74, 6) is -0.226. The predicted octanol–water partition coefficient (Wildman–Crippen LogP) is 3.74. The van der Waals surface area contributed by atoms with Crippen molar-refractivity contribution in [2.24, 2.45) is 17.3 Å². The number of fused-ring (bicyclic) bond motifs is 1. The molecule has 2 aromatic carbocycles. The van der Waals surface area contributed by atoms with E-state index in [4.69, 9.17) is 18.9 Å². The van der Waals surface area contributed by atoms with Gasteiger partial charge in [0, 0.05) is 30.6 Å². The number of benzene rings is 2. The molecule has 2 fully saturated rings. The van der Waals surface area contributed by atoms with Gasteiger partial charge in [0.1, 0.15) is 23.8 Å². The van der Waals surface area contributed by atoms with E-state index in [-0.39, 0.29) is 41.7 Å². The molecule has 49 heavy (non-hydrogen) atoms. The maximum Gasteiger partial charge on any atom is 0.328 e. The highest BCUT2D eigenvalue weighted by molar-refractivity contribution is 5.92. The average Bonchev–Trinajstić information content (AvgIpc) is 3.47. The number of nitrogens with one attached hydrogen (secondary N) is 2. The zero-order valence-corrected chi connectivity index (χ0v) is 29.4. The van der Waals surface area contributed by atoms with Crippen LogP contribution in [0.1, 0.15) is 56.7 Å². The Morgan fingerprint density at radius 3 is 2.51 bits per heavy atom. The van der Waals surface area contributed by atoms with Crippen LogP contribution in [0.4, 0.5) is 0 Å². The normalized spacial score (nSPS) is 31.4. The van der Waals surface area contributed by atoms with Crippen LogP contribution in [-0.4, -0.2) is 86.9 Å². The molecule has 2 aliphatic heterocycles. The molecule has 2 heterocycles. The van der Waals surface area contributed by atoms with E-state index in [9.17, 15) is 14.4 Å². The van der Waals surface area contributed by atoms with E-state index in [0.717, 1.165) is 30.7 Å². The number of amides is 2. The first-order valence-electron chi connectivity index (χ1n) is 17.7. The molecule has 4 bridgehead atoms. The first-order valence-corrected chi connectivity index (χ1v) is 17.7. The Morgan fingerprint density at radius 2 is 1.82 bits per heavy atom. The van der Waals surface area contributed by atoms with Gasteiger partial charge >= 0.3 is 5.97 Å². The molecule has 2 spiro atoms. The smallest absolute Gasteiger partial charge is 0.328 e. The summed E-state index contributed by atoms with van der Waals surface area (Å²) >= 11 is 0. The molecule has 0 unspecified atom stereocenters. The van der Waals surface area contributed by atoms with Crippen molar-refractivity contribution in [2.75, 3.05) is 34.4 Å². The fourth-order valence-electron chi connectivity index (χ4n) is 10.0. The summed E-state index contributed by atoms with van der Waals surface area (Å²) in [4.78, 5) is 44.2. The maximum atomic E-state index is 14.8. The van der Waals surface area contributed by atoms with E-state index in [1.807, 2.05) is 50.2 Å². The number of carbonyl (C=O) groups is 3. The van der Waals surface area contributed by atoms with Crippen molar-refractivity contribution in [3.8, 4) is 11.5 Å². The maximum absolute atomic E-state index is 14.8. The molecular weight excluding hydrogens is 622 g/mol. The van der Waals surface area contributed by atoms with E-state index < -0.39 is 41.6 Å². The monoisotopic (exact) mass is 671 g/mol. The van der Waals surface area contributed by atoms with Gasteiger partial charge in [-0.1, -0.05) is 62.4 Å². The van der Waals surface area contributed by atoms with Gasteiger partial charge in [0.2, 0.25) is 11.8 Å². The molecule has 6 aliphatic rings. The third-order valence-electron chi connectivity index (χ3n) is 12.1. The molecule has 4 aliphatic carbocycles. The Kier molecular flexibility index (Phi) is 8.54. The molecule has 8 rings (SSSR count). The molecule has 2 amide bonds. The molecule has 2 N–H and O–H groups in total. The van der Waals surface area contributed by atoms with E-state index >= 15 is 0 Å². The standard InChI is InChI=1S/C39H49N3O7/c1-7-48-35(45)28(19-23(2)3)41-34(44)27(20-24-11-9-8-10-12-24)40-33(43)26-22-37-15-16-39(26,47-6)36-38(37)17-18-42(4)30(37)21-25-13-14-29(46-5)32(49-36)31(25)38/h8-16,23,26-28,30,36H,7,17-22H2,1-6H3,(H,40,43)(H,41,44)/t26-,27-,28-,30+,36-,37+,38-,39+/m0/s1. The molecule has 262 valence electrons. The molecule has 1 saturated carbocycles. The van der Waals surface area contributed by atoms with Crippen molar-refractivity contribution in [3.63, 3.8) is 0 Å². The molecule has 0 radical (unpaired) electrons. The lowest BCUT2D eigenvalue weighted by atomic mass is 9.37. The van der Waals surface area contributed by atoms with Crippen LogP contribution in [0.15, 0.2) is 54.6 Å². The van der Waals surface area contributed by atoms with Gasteiger partial charge in [-0.3, -0.25) is 9.59 Å². The lowest BCUT2D eigenvalue weighted by molar-refractivity contribution is -0.214. The van der Waals surface area contributed by atoms with Crippen LogP contribution in [0.3, 0.4) is 0 Å². The van der Waals surface area contributed by atoms with Crippen LogP contribution in [0.25, 0.3) is 0 Å². The number of likely N-dealkylation sites (N-methyl/N-ethyl adjacent to an activating group) is 1. The van der Waals surface area contributed by atoms with Gasteiger partial charge in [0.25, 0.3) is 0 Å². The first-order chi connectivity index (χ1) is 23.5. The minimum absolute atomic E-state index is 0.136. The summed E-state index contributed by atoms with van der Waals surface area (Å²) < 4.78 is 24.6. The first kappa shape index (κ1) is 33.6. The van der Waals surface area contributed by atoms with Gasteiger partial charge in [-0.05, 0) is 69.3 Å². The number of carbonyl (C=O) groups excluding carboxylic acids is 3. The second-order valence-electron chi connectivity index (χ2n) is 14.9. The van der Waals surface area contributed by atoms with Gasteiger partial charge in [-0.15, -0.1) is 0 Å². The molecule has 8 atom stereocenters. The summed E-state index contributed by atoms with van der Waals surface area (Å²) in [5.41, 5.74) is 1.52. The molecule has 1 saturated heterocycles. The number of rotatable bonds is 12. The third kappa shape index (κ3) is 4.92. The number of nitrogens with zero attached hydrogens (tertiary/aromatic N) is 1. The minimum Gasteiger partial charge on any atom is -0.493 e. The summed E-state index contributed by atoms with van der Waals surface area (Å²) in [5, 5.41) is 6.08. The van der Waals surface area contributed by atoms with Gasteiger partial charge in [0.05, 0.1) is 25.0 Å². The van der Waals surface area contributed by atoms with Crippen LogP contribution in [-0.2, 0) is 42.1 Å². The van der Waals surface area contributed by atoms with Crippen LogP contribution in [0, 0.1) is 17.3 Å². The molecule has 0 aromatic heterocycles. The summed E-state index contributed by atoms with van der Waals surface area (Å²) in [6.45, 7) is 6.84. The molecule has 10 heteroatoms. The van der Waals surface area contributed by atoms with E-state index in [2.05, 4.69) is 40.8 Å². The Hall–Kier alpha value is -3.89. The SMILES string of the molecule is CCOC(=O)[C@H](CC(C)C)NC(=O)[C@H](Cc1ccccc1)NC(=O)[C@@H]1C[C@@]23C=C[C@]1(OC)[C@H]1Oc4c(OC)ccc5c4[C@@]12CCN(C)[C@@H]3C5. The van der Waals surface area contributed by atoms with Crippen molar-refractivity contribution in [3.05, 3.63) is 71.3 Å². The Morgan fingerprint density at radius 1 is 1.04 bits per heavy atom. The topological polar surface area (TPSA) is 115 Å². The second kappa shape index (κ2) is 12.5. The van der Waals surface area contributed by atoms with Crippen LogP contribution in [0.5, 0.6) is 11.5 Å². The number of hydrogen-bond acceptors (Lipinski definition) is 8. The Labute approximate surface area is 288 Å². The summed E-state index contributed by atoms with van der Waals surface area (Å²) in [7, 11) is 5.50. The van der Waals surface area contributed by atoms with Crippen LogP contribution < -0.4 is 20.1 Å². The van der Waals surface area contributed by atoms with Crippen molar-refractivity contribution in [1.29, 1.82) is 0 Å². The van der Waals surface area contributed by atoms with Crippen molar-refractivity contribution in [2.45, 2.75) is 88.1 Å². The average molecular weight is 672 g/mol. The van der Waals surface area contributed by atoms with Gasteiger partial charge in [0.15, 0.2) is 11.5 Å². The van der Waals surface area contributed by atoms with Crippen LogP contribution in [0.2, 0.25) is 0 Å². The fourth-order valence-corrected chi connectivity index (χ4v) is 10.0. The van der Waals surface area contributed by atoms with Gasteiger partial charge in [-0.25, -0.2) is 4.79 Å².